The fourth-order valence-electron chi connectivity index (χ4n) is 2.33. The van der Waals surface area contributed by atoms with Gasteiger partial charge in [0.1, 0.15) is 11.6 Å². The zero-order chi connectivity index (χ0) is 14.9. The van der Waals surface area contributed by atoms with Gasteiger partial charge in [0, 0.05) is 23.2 Å². The number of rotatable bonds is 3. The molecule has 110 valence electrons. The largest absolute Gasteiger partial charge is 0.455 e. The second-order valence-electron chi connectivity index (χ2n) is 4.87. The molecule has 2 aromatic heterocycles. The van der Waals surface area contributed by atoms with Crippen molar-refractivity contribution >= 4 is 38.9 Å². The minimum atomic E-state index is 0.687. The highest BCUT2D eigenvalue weighted by molar-refractivity contribution is 7.20. The molecule has 0 spiro atoms. The number of amidine groups is 1. The molecule has 0 unspecified atom stereocenters. The Bertz CT molecular complexity index is 857. The number of benzene rings is 1. The van der Waals surface area contributed by atoms with Gasteiger partial charge >= 0.3 is 0 Å². The number of hydrogen-bond acceptors (Lipinski definition) is 5. The van der Waals surface area contributed by atoms with Gasteiger partial charge in [-0.25, -0.2) is 0 Å². The summed E-state index contributed by atoms with van der Waals surface area (Å²) < 4.78 is 7.03. The van der Waals surface area contributed by atoms with Crippen LogP contribution in [0.2, 0.25) is 5.02 Å². The average Bonchev–Trinajstić information content (AvgIpc) is 3.18. The summed E-state index contributed by atoms with van der Waals surface area (Å²) in [6.45, 7) is 1.73. The first-order chi connectivity index (χ1) is 10.8. The summed E-state index contributed by atoms with van der Waals surface area (Å²) in [6.07, 6.45) is 3.59. The first kappa shape index (κ1) is 13.5. The lowest BCUT2D eigenvalue weighted by Crippen LogP contribution is -2.18. The Balaban J connectivity index is 1.72. The van der Waals surface area contributed by atoms with Gasteiger partial charge in [-0.2, -0.15) is 0 Å². The smallest absolute Gasteiger partial charge is 0.154 e. The van der Waals surface area contributed by atoms with Gasteiger partial charge in [-0.15, -0.1) is 11.3 Å². The lowest BCUT2D eigenvalue weighted by atomic mass is 10.2. The number of nitrogens with zero attached hydrogens (tertiary/aromatic N) is 2. The monoisotopic (exact) mass is 329 g/mol. The Morgan fingerprint density at radius 2 is 2.05 bits per heavy atom. The topological polar surface area (TPSA) is 46.5 Å². The molecule has 0 saturated carbocycles. The van der Waals surface area contributed by atoms with Crippen molar-refractivity contribution in [1.82, 2.24) is 10.3 Å². The normalized spacial score (nSPS) is 14.0. The molecule has 0 aliphatic carbocycles. The molecule has 0 amide bonds. The zero-order valence-electron chi connectivity index (χ0n) is 11.5. The van der Waals surface area contributed by atoms with E-state index in [1.807, 2.05) is 18.3 Å². The predicted octanol–water partition coefficient (Wildman–Crippen LogP) is 4.09. The maximum atomic E-state index is 5.95. The quantitative estimate of drug-likeness (QED) is 0.787. The van der Waals surface area contributed by atoms with Crippen molar-refractivity contribution in [2.24, 2.45) is 4.99 Å². The molecule has 0 fully saturated rings. The van der Waals surface area contributed by atoms with Crippen LogP contribution < -0.4 is 10.1 Å². The second-order valence-corrected chi connectivity index (χ2v) is 6.39. The van der Waals surface area contributed by atoms with Crippen LogP contribution >= 0.6 is 22.9 Å². The molecular weight excluding hydrogens is 318 g/mol. The van der Waals surface area contributed by atoms with Gasteiger partial charge in [0.05, 0.1) is 22.3 Å². The van der Waals surface area contributed by atoms with Gasteiger partial charge in [0.2, 0.25) is 0 Å². The highest BCUT2D eigenvalue weighted by Gasteiger charge is 2.14. The fraction of sp³-hybridized carbons (Fsp3) is 0.125. The maximum Gasteiger partial charge on any atom is 0.154 e. The Kier molecular flexibility index (Phi) is 3.44. The van der Waals surface area contributed by atoms with Crippen LogP contribution in [0.3, 0.4) is 0 Å². The van der Waals surface area contributed by atoms with E-state index < -0.39 is 0 Å². The summed E-state index contributed by atoms with van der Waals surface area (Å²) in [4.78, 5) is 9.84. The summed E-state index contributed by atoms with van der Waals surface area (Å²) >= 11 is 7.56. The first-order valence-electron chi connectivity index (χ1n) is 6.89. The number of aliphatic imine (C=N–C) groups is 1. The van der Waals surface area contributed by atoms with Gasteiger partial charge < -0.3 is 10.1 Å². The van der Waals surface area contributed by atoms with Crippen molar-refractivity contribution in [3.8, 4) is 11.5 Å². The predicted molar refractivity (Wildman–Crippen MR) is 90.6 cm³/mol. The van der Waals surface area contributed by atoms with Crippen LogP contribution in [0.1, 0.15) is 4.88 Å². The lowest BCUT2D eigenvalue weighted by Gasteiger charge is -2.06. The Labute approximate surface area is 136 Å². The molecule has 4 nitrogen and oxygen atoms in total. The number of hydrogen-bond donors (Lipinski definition) is 1. The lowest BCUT2D eigenvalue weighted by molar-refractivity contribution is 0.486. The Morgan fingerprint density at radius 3 is 2.82 bits per heavy atom. The summed E-state index contributed by atoms with van der Waals surface area (Å²) in [5.41, 5.74) is 0. The van der Waals surface area contributed by atoms with E-state index in [-0.39, 0.29) is 0 Å². The number of halogens is 1. The van der Waals surface area contributed by atoms with E-state index in [1.165, 1.54) is 0 Å². The molecule has 3 heterocycles. The highest BCUT2D eigenvalue weighted by Crippen LogP contribution is 2.34. The third kappa shape index (κ3) is 2.53. The average molecular weight is 330 g/mol. The van der Waals surface area contributed by atoms with E-state index in [1.54, 1.807) is 29.7 Å². The number of pyridine rings is 1. The van der Waals surface area contributed by atoms with E-state index in [2.05, 4.69) is 21.4 Å². The van der Waals surface area contributed by atoms with Crippen LogP contribution in [-0.2, 0) is 0 Å². The van der Waals surface area contributed by atoms with Crippen molar-refractivity contribution in [2.45, 2.75) is 0 Å². The maximum absolute atomic E-state index is 5.95. The summed E-state index contributed by atoms with van der Waals surface area (Å²) in [6, 6.07) is 9.40. The molecule has 3 aromatic rings. The van der Waals surface area contributed by atoms with Crippen molar-refractivity contribution in [3.05, 3.63) is 52.6 Å². The van der Waals surface area contributed by atoms with Gasteiger partial charge in [-0.3, -0.25) is 9.98 Å². The molecule has 0 bridgehead atoms. The third-order valence-corrected chi connectivity index (χ3v) is 4.69. The molecule has 22 heavy (non-hydrogen) atoms. The number of fused-ring (bicyclic) bond motifs is 1. The van der Waals surface area contributed by atoms with Crippen LogP contribution in [0.15, 0.2) is 47.7 Å². The Morgan fingerprint density at radius 1 is 1.18 bits per heavy atom. The third-order valence-electron chi connectivity index (χ3n) is 3.36. The number of thiophene rings is 1. The van der Waals surface area contributed by atoms with Crippen LogP contribution in [0.25, 0.3) is 10.1 Å². The second kappa shape index (κ2) is 5.59. The van der Waals surface area contributed by atoms with Gasteiger partial charge in [0.25, 0.3) is 0 Å². The Hall–Kier alpha value is -2.11. The van der Waals surface area contributed by atoms with E-state index in [0.717, 1.165) is 45.4 Å². The first-order valence-corrected chi connectivity index (χ1v) is 8.09. The standard InChI is InChI=1S/C16H12ClN3OS/c17-10-1-3-11(4-2-10)21-13-8-18-9-15-12(13)7-14(22-15)16-19-5-6-20-16/h1-4,7-9H,5-6H2,(H,19,20). The molecule has 1 aliphatic rings. The zero-order valence-corrected chi connectivity index (χ0v) is 13.1. The van der Waals surface area contributed by atoms with Crippen molar-refractivity contribution in [3.63, 3.8) is 0 Å². The molecule has 4 rings (SSSR count). The van der Waals surface area contributed by atoms with Crippen LogP contribution in [0.4, 0.5) is 0 Å². The molecule has 6 heteroatoms. The number of nitrogens with one attached hydrogen (secondary N) is 1. The van der Waals surface area contributed by atoms with Gasteiger partial charge in [-0.1, -0.05) is 11.6 Å². The number of ether oxygens (including phenoxy) is 1. The van der Waals surface area contributed by atoms with E-state index in [0.29, 0.717) is 5.02 Å². The van der Waals surface area contributed by atoms with Crippen molar-refractivity contribution < 1.29 is 4.74 Å². The minimum Gasteiger partial charge on any atom is -0.455 e. The molecular formula is C16H12ClN3OS. The van der Waals surface area contributed by atoms with Crippen LogP contribution in [0, 0.1) is 0 Å². The molecule has 1 aromatic carbocycles. The summed E-state index contributed by atoms with van der Waals surface area (Å²) in [7, 11) is 0. The van der Waals surface area contributed by atoms with Crippen molar-refractivity contribution in [1.29, 1.82) is 0 Å². The van der Waals surface area contributed by atoms with E-state index in [9.17, 15) is 0 Å². The summed E-state index contributed by atoms with van der Waals surface area (Å²) in [5.74, 6) is 2.43. The van der Waals surface area contributed by atoms with Gasteiger partial charge in [-0.05, 0) is 30.3 Å². The minimum absolute atomic E-state index is 0.687. The molecule has 1 N–H and O–H groups in total. The summed E-state index contributed by atoms with van der Waals surface area (Å²) in [5, 5.41) is 5.02. The molecule has 0 radical (unpaired) electrons. The van der Waals surface area contributed by atoms with Crippen LogP contribution in [-0.4, -0.2) is 23.9 Å². The van der Waals surface area contributed by atoms with E-state index >= 15 is 0 Å². The molecule has 0 saturated heterocycles. The molecule has 1 aliphatic heterocycles. The van der Waals surface area contributed by atoms with Crippen LogP contribution in [0.5, 0.6) is 11.5 Å². The van der Waals surface area contributed by atoms with Crippen molar-refractivity contribution in [2.75, 3.05) is 13.1 Å². The number of aromatic nitrogens is 1. The SMILES string of the molecule is Clc1ccc(Oc2cncc3sc(C4=NCCN4)cc23)cc1. The van der Waals surface area contributed by atoms with Gasteiger partial charge in [0.15, 0.2) is 5.75 Å². The fourth-order valence-corrected chi connectivity index (χ4v) is 3.48. The molecule has 0 atom stereocenters. The highest BCUT2D eigenvalue weighted by atomic mass is 35.5. The van der Waals surface area contributed by atoms with E-state index in [4.69, 9.17) is 16.3 Å².